The molecular weight excluding hydrogens is 312 g/mol. The van der Waals surface area contributed by atoms with Crippen LogP contribution in [0.5, 0.6) is 5.75 Å². The minimum absolute atomic E-state index is 0.278. The first kappa shape index (κ1) is 13.8. The summed E-state index contributed by atoms with van der Waals surface area (Å²) in [4.78, 5) is 19.7. The second-order valence-electron chi connectivity index (χ2n) is 4.44. The molecule has 6 nitrogen and oxygen atoms in total. The Morgan fingerprint density at radius 3 is 2.90 bits per heavy atom. The lowest BCUT2D eigenvalue weighted by Gasteiger charge is -2.09. The number of imidazole rings is 1. The Morgan fingerprint density at radius 1 is 1.43 bits per heavy atom. The molecule has 0 amide bonds. The first-order valence-corrected chi connectivity index (χ1v) is 6.82. The van der Waals surface area contributed by atoms with Crippen molar-refractivity contribution >= 4 is 35.0 Å². The molecule has 3 rings (SSSR count). The average molecular weight is 323 g/mol. The first-order valence-electron chi connectivity index (χ1n) is 6.03. The van der Waals surface area contributed by atoms with Crippen LogP contribution in [0.3, 0.4) is 0 Å². The van der Waals surface area contributed by atoms with E-state index in [1.165, 1.54) is 11.7 Å². The molecule has 1 aromatic carbocycles. The number of aryl methyl sites for hydroxylation is 1. The van der Waals surface area contributed by atoms with Crippen molar-refractivity contribution in [1.29, 1.82) is 0 Å². The van der Waals surface area contributed by atoms with Crippen molar-refractivity contribution in [3.63, 3.8) is 0 Å². The molecule has 8 heteroatoms. The number of methoxy groups -OCH3 is 1. The third-order valence-corrected chi connectivity index (χ3v) is 3.76. The van der Waals surface area contributed by atoms with Crippen molar-refractivity contribution in [3.05, 3.63) is 44.7 Å². The molecule has 2 aromatic heterocycles. The SMILES string of the molecule is COc1cc(-n2c(=S)[nH]c3c(ncn3C)c2=O)ccc1Cl. The maximum absolute atomic E-state index is 12.6. The maximum Gasteiger partial charge on any atom is 0.287 e. The minimum atomic E-state index is -0.293. The number of rotatable bonds is 2. The predicted octanol–water partition coefficient (Wildman–Crippen LogP) is 2.44. The van der Waals surface area contributed by atoms with Crippen molar-refractivity contribution in [1.82, 2.24) is 19.1 Å². The zero-order chi connectivity index (χ0) is 15.1. The lowest BCUT2D eigenvalue weighted by atomic mass is 10.3. The molecule has 21 heavy (non-hydrogen) atoms. The molecular formula is C13H11ClN4O2S. The summed E-state index contributed by atoms with van der Waals surface area (Å²) in [6.45, 7) is 0. The van der Waals surface area contributed by atoms with Crippen LogP contribution in [-0.4, -0.2) is 26.2 Å². The van der Waals surface area contributed by atoms with Gasteiger partial charge in [-0.05, 0) is 24.4 Å². The number of benzene rings is 1. The summed E-state index contributed by atoms with van der Waals surface area (Å²) in [7, 11) is 3.30. The van der Waals surface area contributed by atoms with Crippen molar-refractivity contribution in [2.24, 2.45) is 7.05 Å². The number of nitrogens with zero attached hydrogens (tertiary/aromatic N) is 3. The molecule has 0 aliphatic heterocycles. The first-order chi connectivity index (χ1) is 10.0. The number of fused-ring (bicyclic) bond motifs is 1. The zero-order valence-corrected chi connectivity index (χ0v) is 12.8. The van der Waals surface area contributed by atoms with Crippen LogP contribution in [0.4, 0.5) is 0 Å². The van der Waals surface area contributed by atoms with Gasteiger partial charge in [0, 0.05) is 13.1 Å². The summed E-state index contributed by atoms with van der Waals surface area (Å²) in [6, 6.07) is 5.01. The van der Waals surface area contributed by atoms with Crippen molar-refractivity contribution < 1.29 is 4.74 Å². The van der Waals surface area contributed by atoms with Gasteiger partial charge in [0.05, 0.1) is 24.1 Å². The number of hydrogen-bond acceptors (Lipinski definition) is 4. The Morgan fingerprint density at radius 2 is 2.19 bits per heavy atom. The van der Waals surface area contributed by atoms with Crippen LogP contribution >= 0.6 is 23.8 Å². The summed E-state index contributed by atoms with van der Waals surface area (Å²) in [5, 5.41) is 0.461. The van der Waals surface area contributed by atoms with Crippen LogP contribution in [0, 0.1) is 4.77 Å². The van der Waals surface area contributed by atoms with Crippen molar-refractivity contribution in [2.75, 3.05) is 7.11 Å². The monoisotopic (exact) mass is 322 g/mol. The quantitative estimate of drug-likeness (QED) is 0.736. The van der Waals surface area contributed by atoms with Crippen LogP contribution in [0.25, 0.3) is 16.9 Å². The highest BCUT2D eigenvalue weighted by Gasteiger charge is 2.12. The zero-order valence-electron chi connectivity index (χ0n) is 11.3. The van der Waals surface area contributed by atoms with E-state index < -0.39 is 0 Å². The highest BCUT2D eigenvalue weighted by Crippen LogP contribution is 2.26. The van der Waals surface area contributed by atoms with Crippen LogP contribution in [0.2, 0.25) is 5.02 Å². The predicted molar refractivity (Wildman–Crippen MR) is 83.1 cm³/mol. The number of aromatic nitrogens is 4. The van der Waals surface area contributed by atoms with Crippen LogP contribution in [-0.2, 0) is 7.05 Å². The van der Waals surface area contributed by atoms with Crippen molar-refractivity contribution in [3.8, 4) is 11.4 Å². The van der Waals surface area contributed by atoms with E-state index in [9.17, 15) is 4.79 Å². The average Bonchev–Trinajstić information content (AvgIpc) is 2.82. The lowest BCUT2D eigenvalue weighted by Crippen LogP contribution is -2.21. The topological polar surface area (TPSA) is 64.8 Å². The number of hydrogen-bond donors (Lipinski definition) is 1. The Kier molecular flexibility index (Phi) is 3.30. The molecule has 0 spiro atoms. The van der Waals surface area contributed by atoms with E-state index in [1.54, 1.807) is 36.1 Å². The van der Waals surface area contributed by atoms with Crippen LogP contribution in [0.1, 0.15) is 0 Å². The van der Waals surface area contributed by atoms with Gasteiger partial charge >= 0.3 is 0 Å². The second-order valence-corrected chi connectivity index (χ2v) is 5.24. The van der Waals surface area contributed by atoms with Crippen LogP contribution in [0.15, 0.2) is 29.3 Å². The third kappa shape index (κ3) is 2.14. The third-order valence-electron chi connectivity index (χ3n) is 3.16. The Hall–Kier alpha value is -2.12. The van der Waals surface area contributed by atoms with Gasteiger partial charge < -0.3 is 14.3 Å². The van der Waals surface area contributed by atoms with Gasteiger partial charge in [-0.3, -0.25) is 9.36 Å². The Bertz CT molecular complexity index is 957. The molecule has 0 radical (unpaired) electrons. The van der Waals surface area contributed by atoms with E-state index in [1.807, 2.05) is 0 Å². The molecule has 0 saturated carbocycles. The van der Waals surface area contributed by atoms with E-state index in [-0.39, 0.29) is 10.3 Å². The van der Waals surface area contributed by atoms with Crippen LogP contribution < -0.4 is 10.3 Å². The highest BCUT2D eigenvalue weighted by atomic mass is 35.5. The largest absolute Gasteiger partial charge is 0.495 e. The number of aromatic amines is 1. The second kappa shape index (κ2) is 5.01. The van der Waals surface area contributed by atoms with Gasteiger partial charge in [-0.15, -0.1) is 0 Å². The van der Waals surface area contributed by atoms with E-state index in [0.29, 0.717) is 27.6 Å². The Balaban J connectivity index is 2.35. The number of H-pyrrole nitrogens is 1. The van der Waals surface area contributed by atoms with Gasteiger partial charge in [-0.1, -0.05) is 11.6 Å². The number of ether oxygens (including phenoxy) is 1. The molecule has 0 atom stereocenters. The molecule has 108 valence electrons. The minimum Gasteiger partial charge on any atom is -0.495 e. The number of nitrogens with one attached hydrogen (secondary N) is 1. The van der Waals surface area contributed by atoms with Gasteiger partial charge in [-0.2, -0.15) is 0 Å². The highest BCUT2D eigenvalue weighted by molar-refractivity contribution is 7.71. The molecule has 3 aromatic rings. The summed E-state index contributed by atoms with van der Waals surface area (Å²) in [5.74, 6) is 0.469. The molecule has 0 bridgehead atoms. The summed E-state index contributed by atoms with van der Waals surface area (Å²) in [6.07, 6.45) is 1.56. The maximum atomic E-state index is 12.6. The summed E-state index contributed by atoms with van der Waals surface area (Å²) in [5.41, 5.74) is 1.18. The fourth-order valence-electron chi connectivity index (χ4n) is 2.11. The van der Waals surface area contributed by atoms with E-state index >= 15 is 0 Å². The smallest absolute Gasteiger partial charge is 0.287 e. The van der Waals surface area contributed by atoms with Gasteiger partial charge in [0.2, 0.25) is 0 Å². The van der Waals surface area contributed by atoms with Gasteiger partial charge in [0.25, 0.3) is 5.56 Å². The molecule has 0 aliphatic rings. The summed E-state index contributed by atoms with van der Waals surface area (Å²) < 4.78 is 8.52. The van der Waals surface area contributed by atoms with E-state index in [2.05, 4.69) is 9.97 Å². The molecule has 0 saturated heterocycles. The standard InChI is InChI=1S/C13H11ClN4O2S/c1-17-6-15-10-11(17)16-13(21)18(12(10)19)7-3-4-8(14)9(5-7)20-2/h3-6H,1-2H3,(H,16,21). The van der Waals surface area contributed by atoms with Crippen molar-refractivity contribution in [2.45, 2.75) is 0 Å². The van der Waals surface area contributed by atoms with E-state index in [0.717, 1.165) is 0 Å². The molecule has 0 aliphatic carbocycles. The van der Waals surface area contributed by atoms with Gasteiger partial charge in [0.1, 0.15) is 11.4 Å². The number of halogens is 1. The van der Waals surface area contributed by atoms with Gasteiger partial charge in [0.15, 0.2) is 10.3 Å². The lowest BCUT2D eigenvalue weighted by molar-refractivity contribution is 0.415. The van der Waals surface area contributed by atoms with Gasteiger partial charge in [-0.25, -0.2) is 4.98 Å². The fourth-order valence-corrected chi connectivity index (χ4v) is 2.59. The molecule has 1 N–H and O–H groups in total. The molecule has 0 unspecified atom stereocenters. The fraction of sp³-hybridized carbons (Fsp3) is 0.154. The normalized spacial score (nSPS) is 11.0. The van der Waals surface area contributed by atoms with E-state index in [4.69, 9.17) is 28.6 Å². The Labute approximate surface area is 129 Å². The summed E-state index contributed by atoms with van der Waals surface area (Å²) >= 11 is 11.3. The molecule has 2 heterocycles. The molecule has 0 fully saturated rings.